The molecule has 0 amide bonds. The fraction of sp³-hybridized carbons (Fsp3) is 0.600. The average molecular weight is 267 g/mol. The molecule has 2 atom stereocenters. The molecule has 0 saturated heterocycles. The van der Waals surface area contributed by atoms with Gasteiger partial charge in [0.1, 0.15) is 0 Å². The fourth-order valence-electron chi connectivity index (χ4n) is 3.06. The Morgan fingerprint density at radius 1 is 1.28 bits per heavy atom. The molecule has 2 nitrogen and oxygen atoms in total. The molecule has 0 bridgehead atoms. The molecule has 0 radical (unpaired) electrons. The molecule has 1 aromatic rings. The van der Waals surface area contributed by atoms with Gasteiger partial charge in [-0.25, -0.2) is 0 Å². The number of halogens is 1. The summed E-state index contributed by atoms with van der Waals surface area (Å²) in [6, 6.07) is 8.72. The minimum Gasteiger partial charge on any atom is -0.330 e. The Morgan fingerprint density at radius 3 is 2.72 bits per heavy atom. The molecule has 1 fully saturated rings. The zero-order chi connectivity index (χ0) is 13.0. The highest BCUT2D eigenvalue weighted by Gasteiger charge is 2.27. The van der Waals surface area contributed by atoms with Gasteiger partial charge >= 0.3 is 0 Å². The van der Waals surface area contributed by atoms with Gasteiger partial charge in [0.05, 0.1) is 0 Å². The normalized spacial score (nSPS) is 24.4. The summed E-state index contributed by atoms with van der Waals surface area (Å²) in [5.74, 6) is 0.645. The van der Waals surface area contributed by atoms with Gasteiger partial charge < -0.3 is 5.73 Å². The highest BCUT2D eigenvalue weighted by Crippen LogP contribution is 2.28. The van der Waals surface area contributed by atoms with Gasteiger partial charge in [0.25, 0.3) is 0 Å². The molecule has 1 saturated carbocycles. The van der Waals surface area contributed by atoms with E-state index in [-0.39, 0.29) is 0 Å². The zero-order valence-corrected chi connectivity index (χ0v) is 11.9. The van der Waals surface area contributed by atoms with Gasteiger partial charge in [-0.3, -0.25) is 4.90 Å². The Labute approximate surface area is 115 Å². The predicted molar refractivity (Wildman–Crippen MR) is 77.7 cm³/mol. The lowest BCUT2D eigenvalue weighted by atomic mass is 9.83. The predicted octanol–water partition coefficient (Wildman–Crippen LogP) is 3.29. The Bertz CT molecular complexity index is 381. The minimum atomic E-state index is 0.611. The smallest absolute Gasteiger partial charge is 0.0451 e. The second kappa shape index (κ2) is 6.55. The molecular formula is C15H23ClN2. The van der Waals surface area contributed by atoms with Crippen molar-refractivity contribution in [3.8, 4) is 0 Å². The lowest BCUT2D eigenvalue weighted by Gasteiger charge is -2.37. The Hall–Kier alpha value is -0.570. The summed E-state index contributed by atoms with van der Waals surface area (Å²) in [6.07, 6.45) is 5.20. The molecule has 1 aliphatic rings. The first kappa shape index (κ1) is 13.9. The quantitative estimate of drug-likeness (QED) is 0.906. The van der Waals surface area contributed by atoms with Gasteiger partial charge in [0.15, 0.2) is 0 Å². The number of hydrogen-bond acceptors (Lipinski definition) is 2. The maximum Gasteiger partial charge on any atom is 0.0451 e. The summed E-state index contributed by atoms with van der Waals surface area (Å²) in [5.41, 5.74) is 7.11. The summed E-state index contributed by atoms with van der Waals surface area (Å²) in [7, 11) is 2.20. The Morgan fingerprint density at radius 2 is 2.00 bits per heavy atom. The molecule has 1 aromatic carbocycles. The van der Waals surface area contributed by atoms with Gasteiger partial charge in [0, 0.05) is 17.6 Å². The zero-order valence-electron chi connectivity index (χ0n) is 11.1. The van der Waals surface area contributed by atoms with Gasteiger partial charge in [0.2, 0.25) is 0 Å². The van der Waals surface area contributed by atoms with Crippen molar-refractivity contribution < 1.29 is 0 Å². The van der Waals surface area contributed by atoms with Crippen molar-refractivity contribution in [3.63, 3.8) is 0 Å². The molecule has 100 valence electrons. The fourth-order valence-corrected chi connectivity index (χ4v) is 3.25. The lowest BCUT2D eigenvalue weighted by Crippen LogP contribution is -2.42. The highest BCUT2D eigenvalue weighted by atomic mass is 35.5. The van der Waals surface area contributed by atoms with E-state index >= 15 is 0 Å². The molecule has 0 spiro atoms. The average Bonchev–Trinajstić information content (AvgIpc) is 2.41. The topological polar surface area (TPSA) is 29.3 Å². The standard InChI is InChI=1S/C15H23ClN2/c1-18(11-13-7-2-4-8-14(13)16)15-9-5-3-6-12(15)10-17/h2,4,7-8,12,15H,3,5-6,9-11,17H2,1H3. The minimum absolute atomic E-state index is 0.611. The van der Waals surface area contributed by atoms with Crippen molar-refractivity contribution in [2.75, 3.05) is 13.6 Å². The molecule has 1 aliphatic carbocycles. The van der Waals surface area contributed by atoms with Crippen LogP contribution in [0.1, 0.15) is 31.2 Å². The van der Waals surface area contributed by atoms with E-state index < -0.39 is 0 Å². The van der Waals surface area contributed by atoms with E-state index in [1.165, 1.54) is 31.2 Å². The van der Waals surface area contributed by atoms with Crippen molar-refractivity contribution in [3.05, 3.63) is 34.9 Å². The highest BCUT2D eigenvalue weighted by molar-refractivity contribution is 6.31. The first-order valence-corrected chi connectivity index (χ1v) is 7.24. The van der Waals surface area contributed by atoms with Crippen LogP contribution in [0.2, 0.25) is 5.02 Å². The van der Waals surface area contributed by atoms with Crippen LogP contribution >= 0.6 is 11.6 Å². The van der Waals surface area contributed by atoms with Crippen molar-refractivity contribution in [1.29, 1.82) is 0 Å². The number of nitrogens with two attached hydrogens (primary N) is 1. The van der Waals surface area contributed by atoms with Crippen LogP contribution in [0.15, 0.2) is 24.3 Å². The summed E-state index contributed by atoms with van der Waals surface area (Å²) in [5, 5.41) is 0.865. The number of benzene rings is 1. The van der Waals surface area contributed by atoms with E-state index in [0.717, 1.165) is 18.1 Å². The van der Waals surface area contributed by atoms with Crippen LogP contribution < -0.4 is 5.73 Å². The molecule has 2 N–H and O–H groups in total. The molecule has 2 rings (SSSR count). The molecule has 2 unspecified atom stereocenters. The van der Waals surface area contributed by atoms with E-state index in [4.69, 9.17) is 17.3 Å². The van der Waals surface area contributed by atoms with Crippen molar-refractivity contribution >= 4 is 11.6 Å². The van der Waals surface area contributed by atoms with E-state index in [1.54, 1.807) is 0 Å². The van der Waals surface area contributed by atoms with E-state index in [9.17, 15) is 0 Å². The SMILES string of the molecule is CN(Cc1ccccc1Cl)C1CCCCC1CN. The number of nitrogens with zero attached hydrogens (tertiary/aromatic N) is 1. The summed E-state index contributed by atoms with van der Waals surface area (Å²) < 4.78 is 0. The molecule has 3 heteroatoms. The van der Waals surface area contributed by atoms with Crippen molar-refractivity contribution in [1.82, 2.24) is 4.90 Å². The first-order chi connectivity index (χ1) is 8.72. The van der Waals surface area contributed by atoms with Crippen LogP contribution in [-0.4, -0.2) is 24.5 Å². The maximum atomic E-state index is 6.23. The molecule has 0 aromatic heterocycles. The van der Waals surface area contributed by atoms with E-state index in [2.05, 4.69) is 24.1 Å². The maximum absolute atomic E-state index is 6.23. The van der Waals surface area contributed by atoms with Crippen molar-refractivity contribution in [2.24, 2.45) is 11.7 Å². The van der Waals surface area contributed by atoms with Gasteiger partial charge in [-0.1, -0.05) is 42.6 Å². The Balaban J connectivity index is 2.02. The number of rotatable bonds is 4. The van der Waals surface area contributed by atoms with Gasteiger partial charge in [-0.05, 0) is 44.0 Å². The van der Waals surface area contributed by atoms with Crippen LogP contribution in [0.4, 0.5) is 0 Å². The van der Waals surface area contributed by atoms with E-state index in [1.807, 2.05) is 12.1 Å². The monoisotopic (exact) mass is 266 g/mol. The van der Waals surface area contributed by atoms with Crippen LogP contribution in [0.3, 0.4) is 0 Å². The van der Waals surface area contributed by atoms with Crippen LogP contribution in [0.5, 0.6) is 0 Å². The molecule has 18 heavy (non-hydrogen) atoms. The van der Waals surface area contributed by atoms with Crippen LogP contribution in [0, 0.1) is 5.92 Å². The third-order valence-corrected chi connectivity index (χ3v) is 4.48. The lowest BCUT2D eigenvalue weighted by molar-refractivity contribution is 0.127. The number of hydrogen-bond donors (Lipinski definition) is 1. The Kier molecular flexibility index (Phi) is 5.04. The van der Waals surface area contributed by atoms with Gasteiger partial charge in [-0.2, -0.15) is 0 Å². The second-order valence-electron chi connectivity index (χ2n) is 5.35. The second-order valence-corrected chi connectivity index (χ2v) is 5.76. The van der Waals surface area contributed by atoms with Crippen LogP contribution in [0.25, 0.3) is 0 Å². The summed E-state index contributed by atoms with van der Waals surface area (Å²) >= 11 is 6.23. The third kappa shape index (κ3) is 3.25. The van der Waals surface area contributed by atoms with Crippen molar-refractivity contribution in [2.45, 2.75) is 38.3 Å². The first-order valence-electron chi connectivity index (χ1n) is 6.86. The molecule has 0 heterocycles. The molecule has 0 aliphatic heterocycles. The largest absolute Gasteiger partial charge is 0.330 e. The third-order valence-electron chi connectivity index (χ3n) is 4.12. The summed E-state index contributed by atoms with van der Waals surface area (Å²) in [6.45, 7) is 1.72. The van der Waals surface area contributed by atoms with E-state index in [0.29, 0.717) is 12.0 Å². The van der Waals surface area contributed by atoms with Gasteiger partial charge in [-0.15, -0.1) is 0 Å². The summed E-state index contributed by atoms with van der Waals surface area (Å²) in [4.78, 5) is 2.43. The molecular weight excluding hydrogens is 244 g/mol. The van der Waals surface area contributed by atoms with Crippen LogP contribution in [-0.2, 0) is 6.54 Å².